The van der Waals surface area contributed by atoms with Crippen LogP contribution in [-0.4, -0.2) is 23.6 Å². The van der Waals surface area contributed by atoms with E-state index >= 15 is 0 Å². The summed E-state index contributed by atoms with van der Waals surface area (Å²) in [5, 5.41) is 0. The van der Waals surface area contributed by atoms with Gasteiger partial charge in [-0.2, -0.15) is 0 Å². The van der Waals surface area contributed by atoms with E-state index in [2.05, 4.69) is 4.98 Å². The van der Waals surface area contributed by atoms with Crippen LogP contribution in [0.2, 0.25) is 0 Å². The average Bonchev–Trinajstić information content (AvgIpc) is 2.55. The van der Waals surface area contributed by atoms with Gasteiger partial charge in [-0.3, -0.25) is 9.36 Å². The molecule has 3 aromatic rings. The molecule has 0 radical (unpaired) electrons. The molecule has 4 nitrogen and oxygen atoms in total. The topological polar surface area (TPSA) is 38.1 Å². The summed E-state index contributed by atoms with van der Waals surface area (Å²) in [5.74, 6) is 1.29. The summed E-state index contributed by atoms with van der Waals surface area (Å²) in [5.41, 5.74) is 1.63. The molecule has 0 saturated carbocycles. The first-order valence-corrected chi connectivity index (χ1v) is 7.09. The van der Waals surface area contributed by atoms with Crippen LogP contribution in [0.5, 0.6) is 0 Å². The van der Waals surface area contributed by atoms with Gasteiger partial charge in [0.2, 0.25) is 0 Å². The van der Waals surface area contributed by atoms with E-state index in [0.29, 0.717) is 11.6 Å². The predicted octanol–water partition coefficient (Wildman–Crippen LogP) is 2.97. The summed E-state index contributed by atoms with van der Waals surface area (Å²) in [4.78, 5) is 19.1. The molecule has 1 aromatic heterocycles. The maximum absolute atomic E-state index is 12.6. The van der Waals surface area contributed by atoms with Gasteiger partial charge in [-0.1, -0.05) is 48.5 Å². The molecule has 0 N–H and O–H groups in total. The first-order chi connectivity index (χ1) is 10.7. The van der Waals surface area contributed by atoms with Crippen LogP contribution in [-0.2, 0) is 0 Å². The third-order valence-electron chi connectivity index (χ3n) is 3.41. The summed E-state index contributed by atoms with van der Waals surface area (Å²) in [7, 11) is 3.76. The first-order valence-electron chi connectivity index (χ1n) is 7.09. The van der Waals surface area contributed by atoms with Crippen molar-refractivity contribution in [3.8, 4) is 17.1 Å². The summed E-state index contributed by atoms with van der Waals surface area (Å²) in [6.45, 7) is 0. The van der Waals surface area contributed by atoms with Crippen LogP contribution in [0.3, 0.4) is 0 Å². The lowest BCUT2D eigenvalue weighted by atomic mass is 10.2. The Balaban J connectivity index is 2.31. The maximum atomic E-state index is 12.6. The zero-order valence-corrected chi connectivity index (χ0v) is 12.6. The van der Waals surface area contributed by atoms with Crippen molar-refractivity contribution in [3.63, 3.8) is 0 Å². The van der Waals surface area contributed by atoms with E-state index in [1.807, 2.05) is 79.7 Å². The lowest BCUT2D eigenvalue weighted by molar-refractivity contribution is 0.927. The fraction of sp³-hybridized carbons (Fsp3) is 0.111. The summed E-state index contributed by atoms with van der Waals surface area (Å²) in [6, 6.07) is 20.9. The monoisotopic (exact) mass is 291 g/mol. The number of hydrogen-bond donors (Lipinski definition) is 0. The Kier molecular flexibility index (Phi) is 3.74. The van der Waals surface area contributed by atoms with Crippen LogP contribution >= 0.6 is 0 Å². The quantitative estimate of drug-likeness (QED) is 0.744. The lowest BCUT2D eigenvalue weighted by Crippen LogP contribution is -2.24. The van der Waals surface area contributed by atoms with E-state index in [1.165, 1.54) is 0 Å². The molecule has 0 aliphatic rings. The molecule has 3 rings (SSSR count). The Morgan fingerprint density at radius 3 is 2.09 bits per heavy atom. The highest BCUT2D eigenvalue weighted by Gasteiger charge is 2.13. The Morgan fingerprint density at radius 2 is 1.50 bits per heavy atom. The highest BCUT2D eigenvalue weighted by Crippen LogP contribution is 2.21. The molecule has 0 saturated heterocycles. The number of anilines is 1. The zero-order valence-electron chi connectivity index (χ0n) is 12.6. The lowest BCUT2D eigenvalue weighted by Gasteiger charge is -2.17. The van der Waals surface area contributed by atoms with Gasteiger partial charge in [0.05, 0.1) is 5.69 Å². The molecule has 0 aliphatic heterocycles. The van der Waals surface area contributed by atoms with Crippen LogP contribution in [0.1, 0.15) is 0 Å². The molecule has 1 heterocycles. The predicted molar refractivity (Wildman–Crippen MR) is 89.6 cm³/mol. The van der Waals surface area contributed by atoms with E-state index in [4.69, 9.17) is 0 Å². The largest absolute Gasteiger partial charge is 0.363 e. The average molecular weight is 291 g/mol. The highest BCUT2D eigenvalue weighted by atomic mass is 16.1. The smallest absolute Gasteiger partial charge is 0.260 e. The molecule has 0 spiro atoms. The van der Waals surface area contributed by atoms with E-state index in [9.17, 15) is 4.79 Å². The molecule has 0 bridgehead atoms. The molecule has 0 amide bonds. The highest BCUT2D eigenvalue weighted by molar-refractivity contribution is 5.60. The fourth-order valence-corrected chi connectivity index (χ4v) is 2.31. The standard InChI is InChI=1S/C18H17N3O/c1-20(2)16-13-17(22)21(15-11-7-4-8-12-15)18(19-16)14-9-5-3-6-10-14/h3-13H,1-2H3. The number of hydrogen-bond acceptors (Lipinski definition) is 3. The van der Waals surface area contributed by atoms with Crippen molar-refractivity contribution < 1.29 is 0 Å². The van der Waals surface area contributed by atoms with Crippen molar-refractivity contribution in [2.45, 2.75) is 0 Å². The van der Waals surface area contributed by atoms with Gasteiger partial charge >= 0.3 is 0 Å². The minimum Gasteiger partial charge on any atom is -0.363 e. The van der Waals surface area contributed by atoms with Gasteiger partial charge in [-0.15, -0.1) is 0 Å². The zero-order chi connectivity index (χ0) is 15.5. The Morgan fingerprint density at radius 1 is 0.909 bits per heavy atom. The van der Waals surface area contributed by atoms with E-state index in [-0.39, 0.29) is 5.56 Å². The fourth-order valence-electron chi connectivity index (χ4n) is 2.31. The minimum absolute atomic E-state index is 0.0937. The van der Waals surface area contributed by atoms with Gasteiger partial charge in [-0.25, -0.2) is 4.98 Å². The molecule has 110 valence electrons. The Hall–Kier alpha value is -2.88. The Labute approximate surface area is 129 Å². The molecule has 2 aromatic carbocycles. The molecule has 0 atom stereocenters. The van der Waals surface area contributed by atoms with Crippen LogP contribution in [0.4, 0.5) is 5.82 Å². The Bertz CT molecular complexity index is 824. The van der Waals surface area contributed by atoms with Gasteiger partial charge in [0.15, 0.2) is 0 Å². The van der Waals surface area contributed by atoms with Crippen LogP contribution in [0, 0.1) is 0 Å². The molecule has 4 heteroatoms. The van der Waals surface area contributed by atoms with Crippen molar-refractivity contribution in [1.29, 1.82) is 0 Å². The van der Waals surface area contributed by atoms with Gasteiger partial charge in [0.25, 0.3) is 5.56 Å². The molecule has 22 heavy (non-hydrogen) atoms. The minimum atomic E-state index is -0.0937. The second kappa shape index (κ2) is 5.85. The number of para-hydroxylation sites is 1. The van der Waals surface area contributed by atoms with Crippen LogP contribution in [0.25, 0.3) is 17.1 Å². The molecule has 0 aliphatic carbocycles. The number of rotatable bonds is 3. The SMILES string of the molecule is CN(C)c1cc(=O)n(-c2ccccc2)c(-c2ccccc2)n1. The van der Waals surface area contributed by atoms with Gasteiger partial charge in [-0.05, 0) is 12.1 Å². The van der Waals surface area contributed by atoms with E-state index < -0.39 is 0 Å². The second-order valence-corrected chi connectivity index (χ2v) is 5.21. The second-order valence-electron chi connectivity index (χ2n) is 5.21. The van der Waals surface area contributed by atoms with Crippen molar-refractivity contribution in [3.05, 3.63) is 77.1 Å². The molecular formula is C18H17N3O. The van der Waals surface area contributed by atoms with E-state index in [0.717, 1.165) is 11.3 Å². The van der Waals surface area contributed by atoms with Crippen LogP contribution in [0.15, 0.2) is 71.5 Å². The molecule has 0 unspecified atom stereocenters. The third kappa shape index (κ3) is 2.63. The molecule has 0 fully saturated rings. The first kappa shape index (κ1) is 14.1. The summed E-state index contributed by atoms with van der Waals surface area (Å²) >= 11 is 0. The summed E-state index contributed by atoms with van der Waals surface area (Å²) < 4.78 is 1.64. The normalized spacial score (nSPS) is 10.5. The molecular weight excluding hydrogens is 274 g/mol. The van der Waals surface area contributed by atoms with Crippen molar-refractivity contribution in [2.24, 2.45) is 0 Å². The third-order valence-corrected chi connectivity index (χ3v) is 3.41. The number of benzene rings is 2. The summed E-state index contributed by atoms with van der Waals surface area (Å²) in [6.07, 6.45) is 0. The number of nitrogens with zero attached hydrogens (tertiary/aromatic N) is 3. The maximum Gasteiger partial charge on any atom is 0.260 e. The number of aromatic nitrogens is 2. The van der Waals surface area contributed by atoms with Crippen molar-refractivity contribution >= 4 is 5.82 Å². The van der Waals surface area contributed by atoms with Crippen molar-refractivity contribution in [2.75, 3.05) is 19.0 Å². The van der Waals surface area contributed by atoms with Crippen molar-refractivity contribution in [1.82, 2.24) is 9.55 Å². The van der Waals surface area contributed by atoms with Gasteiger partial charge in [0.1, 0.15) is 11.6 Å². The van der Waals surface area contributed by atoms with E-state index in [1.54, 1.807) is 10.6 Å². The van der Waals surface area contributed by atoms with Gasteiger partial charge < -0.3 is 4.90 Å². The van der Waals surface area contributed by atoms with Gasteiger partial charge in [0, 0.05) is 25.7 Å². The van der Waals surface area contributed by atoms with Crippen LogP contribution < -0.4 is 10.5 Å².